The Kier molecular flexibility index (Phi) is 4.86. The van der Waals surface area contributed by atoms with E-state index in [1.807, 2.05) is 6.07 Å². The van der Waals surface area contributed by atoms with Crippen molar-refractivity contribution in [2.45, 2.75) is 37.5 Å². The van der Waals surface area contributed by atoms with Crippen molar-refractivity contribution in [1.29, 1.82) is 5.26 Å². The number of ether oxygens (including phenoxy) is 1. The highest BCUT2D eigenvalue weighted by Gasteiger charge is 2.39. The molecule has 1 fully saturated rings. The fraction of sp³-hybridized carbons (Fsp3) is 0.381. The van der Waals surface area contributed by atoms with Crippen molar-refractivity contribution in [2.75, 3.05) is 13.1 Å². The number of hydrogen-bond acceptors (Lipinski definition) is 4. The summed E-state index contributed by atoms with van der Waals surface area (Å²) in [4.78, 5) is 2.46. The summed E-state index contributed by atoms with van der Waals surface area (Å²) in [5, 5.41) is 9.99. The van der Waals surface area contributed by atoms with Crippen molar-refractivity contribution in [3.8, 4) is 11.8 Å². The summed E-state index contributed by atoms with van der Waals surface area (Å²) in [6.45, 7) is 1.93. The van der Waals surface area contributed by atoms with Crippen LogP contribution in [0.4, 0.5) is 0 Å². The molecule has 4 nitrogen and oxygen atoms in total. The molecule has 1 heterocycles. The smallest absolute Gasteiger partial charge is 0.140 e. The average Bonchev–Trinajstić information content (AvgIpc) is 3.02. The standard InChI is InChI=1S/C21H22ClN3O/c22-16-7-8-20(15(10-16)12-23)26-21-18-6-2-1-4-14(18)11-19(21)25-9-3-5-17(24)13-25/h1-2,4,6-8,10,17,19,21H,3,5,9,11,13,24H2. The summed E-state index contributed by atoms with van der Waals surface area (Å²) >= 11 is 6.03. The predicted molar refractivity (Wildman–Crippen MR) is 102 cm³/mol. The SMILES string of the molecule is N#Cc1cc(Cl)ccc1OC1c2ccccc2CC1N1CCCC(N)C1. The first-order valence-corrected chi connectivity index (χ1v) is 9.47. The van der Waals surface area contributed by atoms with E-state index < -0.39 is 0 Å². The van der Waals surface area contributed by atoms with Gasteiger partial charge in [0.15, 0.2) is 0 Å². The first-order chi connectivity index (χ1) is 12.7. The number of hydrogen-bond donors (Lipinski definition) is 1. The highest BCUT2D eigenvalue weighted by atomic mass is 35.5. The van der Waals surface area contributed by atoms with E-state index in [9.17, 15) is 5.26 Å². The second-order valence-corrected chi connectivity index (χ2v) is 7.59. The van der Waals surface area contributed by atoms with Crippen molar-refractivity contribution < 1.29 is 4.74 Å². The molecule has 0 bridgehead atoms. The van der Waals surface area contributed by atoms with E-state index in [0.29, 0.717) is 16.3 Å². The highest BCUT2D eigenvalue weighted by molar-refractivity contribution is 6.30. The first-order valence-electron chi connectivity index (χ1n) is 9.09. The van der Waals surface area contributed by atoms with Gasteiger partial charge in [-0.25, -0.2) is 0 Å². The summed E-state index contributed by atoms with van der Waals surface area (Å²) in [5.74, 6) is 0.588. The minimum atomic E-state index is -0.107. The zero-order chi connectivity index (χ0) is 18.1. The minimum absolute atomic E-state index is 0.107. The second-order valence-electron chi connectivity index (χ2n) is 7.16. The van der Waals surface area contributed by atoms with Crippen molar-refractivity contribution in [1.82, 2.24) is 4.90 Å². The van der Waals surface area contributed by atoms with Crippen LogP contribution in [0.15, 0.2) is 42.5 Å². The van der Waals surface area contributed by atoms with Crippen molar-refractivity contribution in [3.05, 3.63) is 64.2 Å². The lowest BCUT2D eigenvalue weighted by atomic mass is 10.0. The summed E-state index contributed by atoms with van der Waals surface area (Å²) in [7, 11) is 0. The van der Waals surface area contributed by atoms with Crippen molar-refractivity contribution in [2.24, 2.45) is 5.73 Å². The van der Waals surface area contributed by atoms with E-state index in [0.717, 1.165) is 32.4 Å². The molecule has 4 rings (SSSR count). The third kappa shape index (κ3) is 3.31. The zero-order valence-corrected chi connectivity index (χ0v) is 15.3. The highest BCUT2D eigenvalue weighted by Crippen LogP contribution is 2.39. The van der Waals surface area contributed by atoms with Crippen LogP contribution in [-0.2, 0) is 6.42 Å². The minimum Gasteiger partial charge on any atom is -0.483 e. The van der Waals surface area contributed by atoms with Crippen LogP contribution in [-0.4, -0.2) is 30.1 Å². The Hall–Kier alpha value is -2.06. The maximum atomic E-state index is 9.45. The lowest BCUT2D eigenvalue weighted by molar-refractivity contribution is 0.0591. The van der Waals surface area contributed by atoms with Gasteiger partial charge in [0.05, 0.1) is 11.6 Å². The lowest BCUT2D eigenvalue weighted by Crippen LogP contribution is -2.49. The van der Waals surface area contributed by atoms with Crippen LogP contribution in [0.2, 0.25) is 5.02 Å². The summed E-state index contributed by atoms with van der Waals surface area (Å²) in [6.07, 6.45) is 3.04. The van der Waals surface area contributed by atoms with Crippen molar-refractivity contribution >= 4 is 11.6 Å². The molecule has 26 heavy (non-hydrogen) atoms. The Balaban J connectivity index is 1.67. The van der Waals surface area contributed by atoms with Gasteiger partial charge in [-0.3, -0.25) is 4.90 Å². The van der Waals surface area contributed by atoms with E-state index >= 15 is 0 Å². The molecule has 3 unspecified atom stereocenters. The molecule has 0 amide bonds. The quantitative estimate of drug-likeness (QED) is 0.898. The van der Waals surface area contributed by atoms with Gasteiger partial charge in [0.25, 0.3) is 0 Å². The van der Waals surface area contributed by atoms with E-state index in [2.05, 4.69) is 29.2 Å². The fourth-order valence-electron chi connectivity index (χ4n) is 4.17. The molecule has 1 aliphatic carbocycles. The number of benzene rings is 2. The predicted octanol–water partition coefficient (Wildman–Crippen LogP) is 3.68. The number of likely N-dealkylation sites (tertiary alicyclic amines) is 1. The molecule has 5 heteroatoms. The van der Waals surface area contributed by atoms with Gasteiger partial charge >= 0.3 is 0 Å². The molecule has 134 valence electrons. The van der Waals surface area contributed by atoms with Gasteiger partial charge in [0.1, 0.15) is 17.9 Å². The van der Waals surface area contributed by atoms with Crippen LogP contribution in [0.5, 0.6) is 5.75 Å². The number of nitriles is 1. The van der Waals surface area contributed by atoms with Gasteiger partial charge in [0.2, 0.25) is 0 Å². The Morgan fingerprint density at radius 1 is 1.23 bits per heavy atom. The Labute approximate surface area is 159 Å². The molecule has 2 aliphatic rings. The third-order valence-corrected chi connectivity index (χ3v) is 5.65. The monoisotopic (exact) mass is 367 g/mol. The van der Waals surface area contributed by atoms with Gasteiger partial charge in [-0.2, -0.15) is 5.26 Å². The maximum absolute atomic E-state index is 9.45. The third-order valence-electron chi connectivity index (χ3n) is 5.41. The van der Waals surface area contributed by atoms with Crippen molar-refractivity contribution in [3.63, 3.8) is 0 Å². The van der Waals surface area contributed by atoms with E-state index in [1.54, 1.807) is 18.2 Å². The topological polar surface area (TPSA) is 62.3 Å². The van der Waals surface area contributed by atoms with E-state index in [-0.39, 0.29) is 18.2 Å². The molecule has 2 aromatic rings. The molecule has 0 aromatic heterocycles. The Morgan fingerprint density at radius 2 is 2.08 bits per heavy atom. The molecule has 0 spiro atoms. The number of halogens is 1. The second kappa shape index (κ2) is 7.28. The number of fused-ring (bicyclic) bond motifs is 1. The van der Waals surface area contributed by atoms with Crippen LogP contribution in [0.3, 0.4) is 0 Å². The Morgan fingerprint density at radius 3 is 2.88 bits per heavy atom. The number of nitrogens with zero attached hydrogens (tertiary/aromatic N) is 2. The van der Waals surface area contributed by atoms with Crippen LogP contribution in [0.1, 0.15) is 35.6 Å². The normalized spacial score (nSPS) is 25.5. The molecule has 1 saturated heterocycles. The molecule has 2 aromatic carbocycles. The number of nitrogens with two attached hydrogens (primary N) is 1. The number of piperidine rings is 1. The van der Waals surface area contributed by atoms with Gasteiger partial charge in [0, 0.05) is 17.6 Å². The van der Waals surface area contributed by atoms with Crippen LogP contribution < -0.4 is 10.5 Å². The van der Waals surface area contributed by atoms with Crippen LogP contribution in [0, 0.1) is 11.3 Å². The largest absolute Gasteiger partial charge is 0.483 e. The summed E-state index contributed by atoms with van der Waals surface area (Å²) in [6, 6.07) is 16.3. The lowest BCUT2D eigenvalue weighted by Gasteiger charge is -2.38. The van der Waals surface area contributed by atoms with Crippen LogP contribution in [0.25, 0.3) is 0 Å². The zero-order valence-electron chi connectivity index (χ0n) is 14.6. The average molecular weight is 368 g/mol. The molecular weight excluding hydrogens is 346 g/mol. The summed E-state index contributed by atoms with van der Waals surface area (Å²) < 4.78 is 6.42. The van der Waals surface area contributed by atoms with Crippen LogP contribution >= 0.6 is 11.6 Å². The number of rotatable bonds is 3. The molecular formula is C21H22ClN3O. The molecule has 0 radical (unpaired) electrons. The fourth-order valence-corrected chi connectivity index (χ4v) is 4.34. The van der Waals surface area contributed by atoms with Gasteiger partial charge in [-0.1, -0.05) is 35.9 Å². The molecule has 2 N–H and O–H groups in total. The molecule has 3 atom stereocenters. The Bertz CT molecular complexity index is 847. The van der Waals surface area contributed by atoms with Gasteiger partial charge in [-0.05, 0) is 55.1 Å². The van der Waals surface area contributed by atoms with E-state index in [4.69, 9.17) is 22.1 Å². The van der Waals surface area contributed by atoms with Gasteiger partial charge in [-0.15, -0.1) is 0 Å². The van der Waals surface area contributed by atoms with E-state index in [1.165, 1.54) is 11.1 Å². The molecule has 1 aliphatic heterocycles. The van der Waals surface area contributed by atoms with Gasteiger partial charge < -0.3 is 10.5 Å². The maximum Gasteiger partial charge on any atom is 0.140 e. The summed E-state index contributed by atoms with van der Waals surface area (Å²) in [5.41, 5.74) is 9.20. The molecule has 0 saturated carbocycles. The first kappa shape index (κ1) is 17.4.